The molecule has 2 aromatic carbocycles. The summed E-state index contributed by atoms with van der Waals surface area (Å²) < 4.78 is 6.15. The zero-order valence-corrected chi connectivity index (χ0v) is 14.2. The van der Waals surface area contributed by atoms with E-state index >= 15 is 0 Å². The average Bonchev–Trinajstić information content (AvgIpc) is 2.50. The van der Waals surface area contributed by atoms with Crippen LogP contribution in [-0.4, -0.2) is 12.9 Å². The topological polar surface area (TPSA) is 45.0 Å². The van der Waals surface area contributed by atoms with E-state index in [1.54, 1.807) is 18.9 Å². The van der Waals surface area contributed by atoms with Gasteiger partial charge in [-0.3, -0.25) is 0 Å². The number of anilines is 2. The lowest BCUT2D eigenvalue weighted by Gasteiger charge is -2.13. The van der Waals surface area contributed by atoms with E-state index in [0.29, 0.717) is 5.56 Å². The first kappa shape index (κ1) is 15.7. The summed E-state index contributed by atoms with van der Waals surface area (Å²) in [4.78, 5) is 0.990. The summed E-state index contributed by atoms with van der Waals surface area (Å²) in [5.74, 6) is 1.69. The summed E-state index contributed by atoms with van der Waals surface area (Å²) in [7, 11) is 1.63. The number of methoxy groups -OCH3 is 1. The van der Waals surface area contributed by atoms with Crippen LogP contribution in [0.15, 0.2) is 45.8 Å². The van der Waals surface area contributed by atoms with Gasteiger partial charge in [0, 0.05) is 15.4 Å². The van der Waals surface area contributed by atoms with Crippen LogP contribution in [0.25, 0.3) is 0 Å². The van der Waals surface area contributed by atoms with E-state index in [9.17, 15) is 5.26 Å². The number of ether oxygens (including phenoxy) is 1. The molecule has 0 spiro atoms. The van der Waals surface area contributed by atoms with Crippen LogP contribution in [0, 0.1) is 11.3 Å². The minimum atomic E-state index is 0.666. The molecule has 2 aromatic rings. The highest BCUT2D eigenvalue weighted by molar-refractivity contribution is 9.10. The molecule has 0 unspecified atom stereocenters. The predicted octanol–water partition coefficient (Wildman–Crippen LogP) is 5.18. The molecule has 108 valence electrons. The van der Waals surface area contributed by atoms with Gasteiger partial charge >= 0.3 is 0 Å². The van der Waals surface area contributed by atoms with E-state index in [4.69, 9.17) is 4.74 Å². The van der Waals surface area contributed by atoms with Crippen LogP contribution in [0.5, 0.6) is 5.75 Å². The zero-order chi connectivity index (χ0) is 15.2. The second kappa shape index (κ2) is 7.39. The summed E-state index contributed by atoms with van der Waals surface area (Å²) in [5.41, 5.74) is 2.33. The highest BCUT2D eigenvalue weighted by Gasteiger charge is 2.10. The molecule has 21 heavy (non-hydrogen) atoms. The molecule has 0 fully saturated rings. The number of nitrogens with one attached hydrogen (secondary N) is 1. The normalized spacial score (nSPS) is 10.0. The van der Waals surface area contributed by atoms with Gasteiger partial charge in [0.15, 0.2) is 0 Å². The van der Waals surface area contributed by atoms with Gasteiger partial charge in [0.05, 0.1) is 24.0 Å². The Balaban J connectivity index is 2.40. The Bertz CT molecular complexity index is 682. The van der Waals surface area contributed by atoms with E-state index in [1.165, 1.54) is 0 Å². The Morgan fingerprint density at radius 1 is 1.29 bits per heavy atom. The third kappa shape index (κ3) is 3.72. The molecule has 0 atom stereocenters. The summed E-state index contributed by atoms with van der Waals surface area (Å²) in [6.07, 6.45) is 0. The summed E-state index contributed by atoms with van der Waals surface area (Å²) in [6, 6.07) is 13.8. The molecular weight excluding hydrogens is 348 g/mol. The van der Waals surface area contributed by atoms with Gasteiger partial charge in [-0.15, -0.1) is 11.8 Å². The zero-order valence-electron chi connectivity index (χ0n) is 11.8. The van der Waals surface area contributed by atoms with Gasteiger partial charge in [-0.25, -0.2) is 0 Å². The van der Waals surface area contributed by atoms with Crippen LogP contribution in [0.4, 0.5) is 11.4 Å². The predicted molar refractivity (Wildman–Crippen MR) is 91.5 cm³/mol. The molecule has 0 amide bonds. The highest BCUT2D eigenvalue weighted by atomic mass is 79.9. The molecule has 0 aliphatic carbocycles. The second-order valence-electron chi connectivity index (χ2n) is 4.19. The molecule has 0 aliphatic rings. The lowest BCUT2D eigenvalue weighted by molar-refractivity contribution is 0.415. The van der Waals surface area contributed by atoms with Crippen LogP contribution in [0.3, 0.4) is 0 Å². The third-order valence-electron chi connectivity index (χ3n) is 2.88. The van der Waals surface area contributed by atoms with Gasteiger partial charge < -0.3 is 10.1 Å². The molecule has 3 nitrogen and oxygen atoms in total. The number of benzene rings is 2. The van der Waals surface area contributed by atoms with Gasteiger partial charge in [-0.1, -0.05) is 13.0 Å². The van der Waals surface area contributed by atoms with Crippen molar-refractivity contribution >= 4 is 39.1 Å². The van der Waals surface area contributed by atoms with Crippen molar-refractivity contribution in [3.05, 3.63) is 46.4 Å². The number of hydrogen-bond acceptors (Lipinski definition) is 4. The van der Waals surface area contributed by atoms with Crippen LogP contribution in [0.1, 0.15) is 12.5 Å². The molecule has 2 rings (SSSR count). The second-order valence-corrected chi connectivity index (χ2v) is 6.35. The quantitative estimate of drug-likeness (QED) is 0.743. The maximum Gasteiger partial charge on any atom is 0.121 e. The Labute approximate surface area is 137 Å². The molecule has 1 N–H and O–H groups in total. The fourth-order valence-electron chi connectivity index (χ4n) is 1.90. The van der Waals surface area contributed by atoms with Gasteiger partial charge in [-0.05, 0) is 45.9 Å². The Kier molecular flexibility index (Phi) is 5.54. The van der Waals surface area contributed by atoms with Crippen molar-refractivity contribution in [2.45, 2.75) is 11.8 Å². The molecule has 0 aromatic heterocycles. The maximum atomic E-state index is 9.43. The SMILES string of the molecule is CCSc1cccc(Nc2cc(OC)ccc2Br)c1C#N. The minimum absolute atomic E-state index is 0.666. The first-order valence-corrected chi connectivity index (χ1v) is 8.24. The van der Waals surface area contributed by atoms with Gasteiger partial charge in [0.25, 0.3) is 0 Å². The van der Waals surface area contributed by atoms with Gasteiger partial charge in [0.2, 0.25) is 0 Å². The first-order valence-electron chi connectivity index (χ1n) is 6.46. The summed E-state index contributed by atoms with van der Waals surface area (Å²) >= 11 is 5.17. The molecule has 0 saturated heterocycles. The van der Waals surface area contributed by atoms with Crippen LogP contribution in [-0.2, 0) is 0 Å². The van der Waals surface area contributed by atoms with E-state index < -0.39 is 0 Å². The first-order chi connectivity index (χ1) is 10.2. The van der Waals surface area contributed by atoms with Crippen molar-refractivity contribution in [1.29, 1.82) is 5.26 Å². The van der Waals surface area contributed by atoms with Crippen molar-refractivity contribution in [2.24, 2.45) is 0 Å². The Morgan fingerprint density at radius 2 is 2.10 bits per heavy atom. The molecule has 0 aliphatic heterocycles. The highest BCUT2D eigenvalue weighted by Crippen LogP contribution is 2.33. The monoisotopic (exact) mass is 362 g/mol. The van der Waals surface area contributed by atoms with Crippen molar-refractivity contribution in [3.63, 3.8) is 0 Å². The van der Waals surface area contributed by atoms with E-state index in [0.717, 1.165) is 32.2 Å². The minimum Gasteiger partial charge on any atom is -0.497 e. The molecule has 0 radical (unpaired) electrons. The van der Waals surface area contributed by atoms with Crippen molar-refractivity contribution in [2.75, 3.05) is 18.2 Å². The number of rotatable bonds is 5. The Hall–Kier alpha value is -1.64. The number of nitriles is 1. The smallest absolute Gasteiger partial charge is 0.121 e. The fraction of sp³-hybridized carbons (Fsp3) is 0.188. The van der Waals surface area contributed by atoms with Crippen LogP contribution in [0.2, 0.25) is 0 Å². The molecular formula is C16H15BrN2OS. The number of hydrogen-bond donors (Lipinski definition) is 1. The lowest BCUT2D eigenvalue weighted by atomic mass is 10.2. The summed E-state index contributed by atoms with van der Waals surface area (Å²) in [5, 5.41) is 12.7. The third-order valence-corrected chi connectivity index (χ3v) is 4.51. The molecule has 5 heteroatoms. The van der Waals surface area contributed by atoms with Gasteiger partial charge in [0.1, 0.15) is 11.8 Å². The van der Waals surface area contributed by atoms with Crippen LogP contribution < -0.4 is 10.1 Å². The van der Waals surface area contributed by atoms with Crippen molar-refractivity contribution in [3.8, 4) is 11.8 Å². The maximum absolute atomic E-state index is 9.43. The summed E-state index contributed by atoms with van der Waals surface area (Å²) in [6.45, 7) is 2.07. The average molecular weight is 363 g/mol. The standard InChI is InChI=1S/C16H15BrN2OS/c1-3-21-16-6-4-5-14(12(16)10-18)19-15-9-11(20-2)7-8-13(15)17/h4-9,19H,3H2,1-2H3. The number of halogens is 1. The van der Waals surface area contributed by atoms with Crippen LogP contribution >= 0.6 is 27.7 Å². The molecule has 0 heterocycles. The lowest BCUT2D eigenvalue weighted by Crippen LogP contribution is -1.97. The van der Waals surface area contributed by atoms with E-state index in [2.05, 4.69) is 34.2 Å². The fourth-order valence-corrected chi connectivity index (χ4v) is 3.03. The molecule has 0 saturated carbocycles. The van der Waals surface area contributed by atoms with E-state index in [1.807, 2.05) is 36.4 Å². The Morgan fingerprint density at radius 3 is 2.76 bits per heavy atom. The number of thioether (sulfide) groups is 1. The molecule has 0 bridgehead atoms. The van der Waals surface area contributed by atoms with E-state index in [-0.39, 0.29) is 0 Å². The van der Waals surface area contributed by atoms with Crippen molar-refractivity contribution in [1.82, 2.24) is 0 Å². The number of nitrogens with zero attached hydrogens (tertiary/aromatic N) is 1. The van der Waals surface area contributed by atoms with Gasteiger partial charge in [-0.2, -0.15) is 5.26 Å². The largest absolute Gasteiger partial charge is 0.497 e. The van der Waals surface area contributed by atoms with Crippen molar-refractivity contribution < 1.29 is 4.74 Å².